The molecule has 1 amide bonds. The predicted molar refractivity (Wildman–Crippen MR) is 151 cm³/mol. The molecule has 2 heterocycles. The van der Waals surface area contributed by atoms with Crippen LogP contribution in [0.25, 0.3) is 0 Å². The third-order valence-corrected chi connectivity index (χ3v) is 7.40. The van der Waals surface area contributed by atoms with E-state index in [1.54, 1.807) is 11.0 Å². The van der Waals surface area contributed by atoms with Crippen molar-refractivity contribution in [3.8, 4) is 11.5 Å². The minimum absolute atomic E-state index is 0.00932. The zero-order valence-electron chi connectivity index (χ0n) is 23.3. The number of nitrogens with one attached hydrogen (secondary N) is 1. The Morgan fingerprint density at radius 3 is 2.37 bits per heavy atom. The summed E-state index contributed by atoms with van der Waals surface area (Å²) in [5.41, 5.74) is 0.0659. The summed E-state index contributed by atoms with van der Waals surface area (Å²) >= 11 is 0. The van der Waals surface area contributed by atoms with Gasteiger partial charge in [0.15, 0.2) is 11.6 Å². The van der Waals surface area contributed by atoms with Crippen LogP contribution in [0.1, 0.15) is 29.5 Å². The van der Waals surface area contributed by atoms with Gasteiger partial charge in [-0.05, 0) is 60.4 Å². The number of anilines is 2. The molecule has 3 aromatic rings. The molecule has 0 bridgehead atoms. The van der Waals surface area contributed by atoms with Gasteiger partial charge in [0.25, 0.3) is 0 Å². The van der Waals surface area contributed by atoms with Crippen molar-refractivity contribution in [2.45, 2.75) is 31.9 Å². The zero-order valence-corrected chi connectivity index (χ0v) is 23.3. The molecule has 2 fully saturated rings. The normalized spacial score (nSPS) is 15.8. The van der Waals surface area contributed by atoms with Gasteiger partial charge in [-0.15, -0.1) is 0 Å². The van der Waals surface area contributed by atoms with E-state index in [1.165, 1.54) is 30.5 Å². The number of alkyl halides is 4. The van der Waals surface area contributed by atoms with E-state index in [-0.39, 0.29) is 59.9 Å². The molecule has 12 heteroatoms. The number of pyridine rings is 1. The molecule has 43 heavy (non-hydrogen) atoms. The van der Waals surface area contributed by atoms with E-state index < -0.39 is 24.2 Å². The van der Waals surface area contributed by atoms with E-state index in [2.05, 4.69) is 10.3 Å². The highest BCUT2D eigenvalue weighted by Crippen LogP contribution is 2.34. The molecule has 0 unspecified atom stereocenters. The summed E-state index contributed by atoms with van der Waals surface area (Å²) in [6.45, 7) is 1.74. The number of nitrogens with zero attached hydrogens (tertiary/aromatic N) is 3. The fourth-order valence-electron chi connectivity index (χ4n) is 4.97. The second kappa shape index (κ2) is 13.1. The fourth-order valence-corrected chi connectivity index (χ4v) is 4.97. The van der Waals surface area contributed by atoms with Crippen molar-refractivity contribution in [3.05, 3.63) is 77.2 Å². The summed E-state index contributed by atoms with van der Waals surface area (Å²) in [4.78, 5) is 32.6. The SMILES string of the molecule is O=C(Cc1cc(N2CCN(CCF)CC2)cc(C(F)(F)F)c1)Cc1ccc(Oc2ccnc(NC(=O)C3CC3)c2)c(F)c1. The van der Waals surface area contributed by atoms with Crippen molar-refractivity contribution in [2.24, 2.45) is 5.92 Å². The van der Waals surface area contributed by atoms with Crippen molar-refractivity contribution < 1.29 is 36.3 Å². The Balaban J connectivity index is 1.23. The number of aromatic nitrogens is 1. The van der Waals surface area contributed by atoms with Gasteiger partial charge in [0.05, 0.1) is 5.56 Å². The van der Waals surface area contributed by atoms with Gasteiger partial charge in [-0.1, -0.05) is 6.07 Å². The van der Waals surface area contributed by atoms with E-state index in [9.17, 15) is 31.5 Å². The standard InChI is InChI=1S/C31H31F5N4O3/c32-6-8-39-9-11-40(12-10-39)24-14-21(13-23(18-24)31(34,35)36)16-25(41)15-20-1-4-28(27(33)17-20)43-26-5-7-37-29(19-26)38-30(42)22-2-3-22/h1,4-5,7,13-14,17-19,22H,2-3,6,8-12,15-16H2,(H,37,38,42). The van der Waals surface area contributed by atoms with Crippen molar-refractivity contribution in [2.75, 3.05) is 49.6 Å². The number of ether oxygens (including phenoxy) is 1. The Hall–Kier alpha value is -4.06. The minimum Gasteiger partial charge on any atom is -0.454 e. The number of carbonyl (C=O) groups is 2. The lowest BCUT2D eigenvalue weighted by atomic mass is 9.99. The summed E-state index contributed by atoms with van der Waals surface area (Å²) in [6.07, 6.45) is -1.94. The van der Waals surface area contributed by atoms with Gasteiger partial charge in [0.2, 0.25) is 5.91 Å². The maximum absolute atomic E-state index is 14.9. The van der Waals surface area contributed by atoms with Crippen LogP contribution in [-0.2, 0) is 28.6 Å². The highest BCUT2D eigenvalue weighted by Gasteiger charge is 2.32. The zero-order chi connectivity index (χ0) is 30.6. The Bertz CT molecular complexity index is 1470. The largest absolute Gasteiger partial charge is 0.454 e. The van der Waals surface area contributed by atoms with Crippen LogP contribution >= 0.6 is 0 Å². The van der Waals surface area contributed by atoms with Crippen LogP contribution in [0.2, 0.25) is 0 Å². The number of carbonyl (C=O) groups excluding carboxylic acids is 2. The van der Waals surface area contributed by atoms with E-state index >= 15 is 0 Å². The fraction of sp³-hybridized carbons (Fsp3) is 0.387. The number of piperazine rings is 1. The summed E-state index contributed by atoms with van der Waals surface area (Å²) in [5.74, 6) is -0.794. The van der Waals surface area contributed by atoms with Crippen LogP contribution in [0, 0.1) is 11.7 Å². The molecule has 1 aliphatic heterocycles. The minimum atomic E-state index is -4.60. The number of hydrogen-bond acceptors (Lipinski definition) is 6. The quantitative estimate of drug-likeness (QED) is 0.279. The van der Waals surface area contributed by atoms with Crippen molar-refractivity contribution in [1.82, 2.24) is 9.88 Å². The Morgan fingerprint density at radius 2 is 1.70 bits per heavy atom. The number of benzene rings is 2. The number of Topliss-reactive ketones (excluding diaryl/α,β-unsaturated/α-hetero) is 1. The maximum atomic E-state index is 14.9. The molecule has 0 atom stereocenters. The molecule has 2 aromatic carbocycles. The van der Waals surface area contributed by atoms with Crippen molar-refractivity contribution in [1.29, 1.82) is 0 Å². The lowest BCUT2D eigenvalue weighted by Gasteiger charge is -2.36. The van der Waals surface area contributed by atoms with E-state index in [4.69, 9.17) is 4.74 Å². The average molecular weight is 603 g/mol. The van der Waals surface area contributed by atoms with E-state index in [0.717, 1.165) is 31.0 Å². The third-order valence-electron chi connectivity index (χ3n) is 7.40. The molecule has 1 saturated heterocycles. The molecule has 228 valence electrons. The molecule has 1 saturated carbocycles. The van der Waals surface area contributed by atoms with E-state index in [0.29, 0.717) is 37.4 Å². The van der Waals surface area contributed by atoms with Crippen molar-refractivity contribution in [3.63, 3.8) is 0 Å². The van der Waals surface area contributed by atoms with Crippen LogP contribution in [-0.4, -0.2) is 61.0 Å². The highest BCUT2D eigenvalue weighted by molar-refractivity contribution is 5.93. The first-order valence-corrected chi connectivity index (χ1v) is 14.1. The van der Waals surface area contributed by atoms with Gasteiger partial charge in [-0.25, -0.2) is 13.8 Å². The highest BCUT2D eigenvalue weighted by atomic mass is 19.4. The second-order valence-electron chi connectivity index (χ2n) is 10.8. The molecule has 5 rings (SSSR count). The second-order valence-corrected chi connectivity index (χ2v) is 10.8. The predicted octanol–water partition coefficient (Wildman–Crippen LogP) is 5.83. The lowest BCUT2D eigenvalue weighted by molar-refractivity contribution is -0.137. The Labute approximate surface area is 245 Å². The lowest BCUT2D eigenvalue weighted by Crippen LogP contribution is -2.47. The Kier molecular flexibility index (Phi) is 9.24. The van der Waals surface area contributed by atoms with E-state index in [1.807, 2.05) is 4.90 Å². The number of hydrogen-bond donors (Lipinski definition) is 1. The first kappa shape index (κ1) is 30.4. The molecule has 1 aromatic heterocycles. The van der Waals surface area contributed by atoms with Crippen LogP contribution in [0.3, 0.4) is 0 Å². The number of ketones is 1. The number of amides is 1. The third kappa shape index (κ3) is 8.28. The maximum Gasteiger partial charge on any atom is 0.416 e. The number of rotatable bonds is 11. The topological polar surface area (TPSA) is 74.8 Å². The van der Waals surface area contributed by atoms with Gasteiger partial charge in [-0.2, -0.15) is 13.2 Å². The van der Waals surface area contributed by atoms with Gasteiger partial charge in [0, 0.05) is 69.4 Å². The molecular weight excluding hydrogens is 571 g/mol. The summed E-state index contributed by atoms with van der Waals surface area (Å²) < 4.78 is 74.2. The molecular formula is C31H31F5N4O3. The number of halogens is 5. The van der Waals surface area contributed by atoms with Gasteiger partial charge >= 0.3 is 6.18 Å². The molecule has 1 aliphatic carbocycles. The van der Waals surface area contributed by atoms with Crippen LogP contribution in [0.15, 0.2) is 54.7 Å². The smallest absolute Gasteiger partial charge is 0.416 e. The van der Waals surface area contributed by atoms with Gasteiger partial charge in [0.1, 0.15) is 24.0 Å². The molecule has 1 N–H and O–H groups in total. The summed E-state index contributed by atoms with van der Waals surface area (Å²) in [7, 11) is 0. The first-order valence-electron chi connectivity index (χ1n) is 14.1. The summed E-state index contributed by atoms with van der Waals surface area (Å²) in [6, 6.07) is 10.6. The van der Waals surface area contributed by atoms with Crippen LogP contribution in [0.5, 0.6) is 11.5 Å². The average Bonchev–Trinajstić information content (AvgIpc) is 3.81. The van der Waals surface area contributed by atoms with Gasteiger partial charge < -0.3 is 15.0 Å². The monoisotopic (exact) mass is 602 g/mol. The Morgan fingerprint density at radius 1 is 0.953 bits per heavy atom. The molecule has 0 spiro atoms. The molecule has 0 radical (unpaired) electrons. The molecule has 7 nitrogen and oxygen atoms in total. The van der Waals surface area contributed by atoms with Crippen molar-refractivity contribution >= 4 is 23.2 Å². The first-order chi connectivity index (χ1) is 20.6. The van der Waals surface area contributed by atoms with Gasteiger partial charge in [-0.3, -0.25) is 14.5 Å². The summed E-state index contributed by atoms with van der Waals surface area (Å²) in [5, 5.41) is 2.69. The van der Waals surface area contributed by atoms with Crippen LogP contribution in [0.4, 0.5) is 33.5 Å². The van der Waals surface area contributed by atoms with Crippen LogP contribution < -0.4 is 15.0 Å². The molecule has 2 aliphatic rings.